The lowest BCUT2D eigenvalue weighted by Crippen LogP contribution is -2.15. The van der Waals surface area contributed by atoms with Crippen molar-refractivity contribution in [3.63, 3.8) is 0 Å². The lowest BCUT2D eigenvalue weighted by atomic mass is 9.95. The Bertz CT molecular complexity index is 1690. The van der Waals surface area contributed by atoms with E-state index in [0.29, 0.717) is 12.2 Å². The first-order valence-corrected chi connectivity index (χ1v) is 13.3. The van der Waals surface area contributed by atoms with Crippen LogP contribution in [0.2, 0.25) is 0 Å². The van der Waals surface area contributed by atoms with Gasteiger partial charge in [0.1, 0.15) is 5.69 Å². The highest BCUT2D eigenvalue weighted by atomic mass is 19.1. The average Bonchev–Trinajstić information content (AvgIpc) is 3.50. The van der Waals surface area contributed by atoms with Crippen molar-refractivity contribution in [1.29, 1.82) is 0 Å². The summed E-state index contributed by atoms with van der Waals surface area (Å²) in [5.41, 5.74) is 10.5. The summed E-state index contributed by atoms with van der Waals surface area (Å²) in [5, 5.41) is 21.3. The molecule has 0 bridgehead atoms. The first kappa shape index (κ1) is 27.1. The van der Waals surface area contributed by atoms with E-state index in [-0.39, 0.29) is 23.8 Å². The molecule has 5 rings (SSSR count). The molecule has 0 saturated carbocycles. The highest BCUT2D eigenvalue weighted by Gasteiger charge is 2.26. The predicted octanol–water partition coefficient (Wildman–Crippen LogP) is 5.69. The van der Waals surface area contributed by atoms with Crippen LogP contribution in [0.15, 0.2) is 66.9 Å². The zero-order valence-electron chi connectivity index (χ0n) is 22.9. The van der Waals surface area contributed by atoms with Crippen molar-refractivity contribution < 1.29 is 19.0 Å². The molecule has 2 heterocycles. The normalized spacial score (nSPS) is 12.3. The fourth-order valence-electron chi connectivity index (χ4n) is 5.17. The number of nitrogens with zero attached hydrogens (tertiary/aromatic N) is 4. The number of aliphatic hydroxyl groups excluding tert-OH is 1. The fourth-order valence-corrected chi connectivity index (χ4v) is 5.17. The summed E-state index contributed by atoms with van der Waals surface area (Å²) < 4.78 is 24.4. The summed E-state index contributed by atoms with van der Waals surface area (Å²) in [5.74, 6) is -1.66. The molecular weight excluding hydrogens is 509 g/mol. The fraction of sp³-hybridized carbons (Fsp3) is 0.258. The van der Waals surface area contributed by atoms with Crippen molar-refractivity contribution in [2.45, 2.75) is 46.3 Å². The minimum Gasteiger partial charge on any atom is -0.489 e. The number of nitrogens with two attached hydrogens (primary N) is 1. The van der Waals surface area contributed by atoms with Gasteiger partial charge in [-0.3, -0.25) is 9.48 Å². The monoisotopic (exact) mass is 541 g/mol. The number of aliphatic hydroxyl groups is 1. The number of benzene rings is 3. The zero-order chi connectivity index (χ0) is 28.6. The van der Waals surface area contributed by atoms with Gasteiger partial charge in [0.05, 0.1) is 36.0 Å². The van der Waals surface area contributed by atoms with Gasteiger partial charge in [0.15, 0.2) is 11.6 Å². The van der Waals surface area contributed by atoms with Crippen molar-refractivity contribution in [3.8, 4) is 22.7 Å². The average molecular weight is 542 g/mol. The van der Waals surface area contributed by atoms with E-state index in [2.05, 4.69) is 13.8 Å². The third-order valence-electron chi connectivity index (χ3n) is 7.00. The molecule has 40 heavy (non-hydrogen) atoms. The minimum absolute atomic E-state index is 0.0767. The zero-order valence-corrected chi connectivity index (χ0v) is 22.9. The first-order chi connectivity index (χ1) is 19.2. The molecule has 0 aliphatic carbocycles. The SMILES string of the molecule is CCOc1c(-n2nc(-c3cccc4nn(C[C@H](O)c5ccccc5)cc34)c(C(C)C)c2C)ccc(C(N)=O)c1F. The van der Waals surface area contributed by atoms with Crippen LogP contribution in [0, 0.1) is 12.7 Å². The minimum atomic E-state index is -0.869. The second-order valence-electron chi connectivity index (χ2n) is 10.0. The first-order valence-electron chi connectivity index (χ1n) is 13.3. The molecule has 0 radical (unpaired) electrons. The molecule has 9 heteroatoms. The van der Waals surface area contributed by atoms with Crippen LogP contribution in [0.5, 0.6) is 5.75 Å². The highest BCUT2D eigenvalue weighted by Crippen LogP contribution is 2.38. The van der Waals surface area contributed by atoms with Gasteiger partial charge in [-0.1, -0.05) is 56.3 Å². The molecule has 206 valence electrons. The number of carbonyl (C=O) groups is 1. The van der Waals surface area contributed by atoms with E-state index in [4.69, 9.17) is 20.7 Å². The Kier molecular flexibility index (Phi) is 7.40. The Hall–Kier alpha value is -4.50. The number of rotatable bonds is 9. The maximum absolute atomic E-state index is 15.3. The number of hydrogen-bond acceptors (Lipinski definition) is 5. The summed E-state index contributed by atoms with van der Waals surface area (Å²) in [7, 11) is 0. The molecule has 0 unspecified atom stereocenters. The largest absolute Gasteiger partial charge is 0.489 e. The van der Waals surface area contributed by atoms with Crippen molar-refractivity contribution in [1.82, 2.24) is 19.6 Å². The summed E-state index contributed by atoms with van der Waals surface area (Å²) in [6, 6.07) is 18.3. The van der Waals surface area contributed by atoms with Crippen LogP contribution < -0.4 is 10.5 Å². The van der Waals surface area contributed by atoms with Crippen LogP contribution in [-0.2, 0) is 6.54 Å². The van der Waals surface area contributed by atoms with Crippen LogP contribution in [0.1, 0.15) is 60.0 Å². The van der Waals surface area contributed by atoms with Crippen molar-refractivity contribution in [3.05, 3.63) is 95.1 Å². The van der Waals surface area contributed by atoms with Crippen molar-refractivity contribution in [2.75, 3.05) is 6.61 Å². The van der Waals surface area contributed by atoms with Crippen LogP contribution in [0.4, 0.5) is 4.39 Å². The number of aromatic nitrogens is 4. The van der Waals surface area contributed by atoms with E-state index in [1.165, 1.54) is 6.07 Å². The van der Waals surface area contributed by atoms with Crippen LogP contribution in [0.3, 0.4) is 0 Å². The summed E-state index contributed by atoms with van der Waals surface area (Å²) >= 11 is 0. The molecule has 5 aromatic rings. The smallest absolute Gasteiger partial charge is 0.251 e. The van der Waals surface area contributed by atoms with E-state index in [9.17, 15) is 9.90 Å². The maximum Gasteiger partial charge on any atom is 0.251 e. The Balaban J connectivity index is 1.64. The topological polar surface area (TPSA) is 108 Å². The number of fused-ring (bicyclic) bond motifs is 1. The highest BCUT2D eigenvalue weighted by molar-refractivity contribution is 5.95. The van der Waals surface area contributed by atoms with Crippen molar-refractivity contribution >= 4 is 16.8 Å². The van der Waals surface area contributed by atoms with Gasteiger partial charge in [-0.2, -0.15) is 10.2 Å². The van der Waals surface area contributed by atoms with Gasteiger partial charge >= 0.3 is 0 Å². The third-order valence-corrected chi connectivity index (χ3v) is 7.00. The lowest BCUT2D eigenvalue weighted by Gasteiger charge is -2.14. The molecular formula is C31H32FN5O3. The van der Waals surface area contributed by atoms with Gasteiger partial charge in [-0.15, -0.1) is 0 Å². The van der Waals surface area contributed by atoms with Gasteiger partial charge in [-0.05, 0) is 43.5 Å². The van der Waals surface area contributed by atoms with Gasteiger partial charge in [0, 0.05) is 28.4 Å². The van der Waals surface area contributed by atoms with Gasteiger partial charge < -0.3 is 15.6 Å². The van der Waals surface area contributed by atoms with Crippen molar-refractivity contribution in [2.24, 2.45) is 5.73 Å². The van der Waals surface area contributed by atoms with E-state index in [0.717, 1.165) is 39.0 Å². The molecule has 1 amide bonds. The maximum atomic E-state index is 15.3. The molecule has 0 spiro atoms. The van der Waals surface area contributed by atoms with E-state index >= 15 is 4.39 Å². The van der Waals surface area contributed by atoms with Crippen LogP contribution >= 0.6 is 0 Å². The predicted molar refractivity (Wildman–Crippen MR) is 152 cm³/mol. The van der Waals surface area contributed by atoms with Gasteiger partial charge in [0.2, 0.25) is 0 Å². The molecule has 0 aliphatic rings. The molecule has 3 N–H and O–H groups in total. The second-order valence-corrected chi connectivity index (χ2v) is 10.0. The Morgan fingerprint density at radius 1 is 1.07 bits per heavy atom. The Morgan fingerprint density at radius 3 is 2.50 bits per heavy atom. The Labute approximate surface area is 231 Å². The van der Waals surface area contributed by atoms with E-state index in [1.54, 1.807) is 22.4 Å². The number of carbonyl (C=O) groups excluding carboxylic acids is 1. The van der Waals surface area contributed by atoms with Crippen LogP contribution in [-0.4, -0.2) is 37.2 Å². The van der Waals surface area contributed by atoms with Gasteiger partial charge in [-0.25, -0.2) is 9.07 Å². The standard InChI is InChI=1S/C31H32FN5O3/c1-5-40-30-25(15-14-22(28(30)32)31(33)39)37-19(4)27(18(2)3)29(35-37)21-12-9-13-24-23(21)16-36(34-24)17-26(38)20-10-7-6-8-11-20/h6-16,18,26,38H,5,17H2,1-4H3,(H2,33,39)/t26-/m0/s1. The van der Waals surface area contributed by atoms with E-state index in [1.807, 2.05) is 61.7 Å². The third kappa shape index (κ3) is 4.84. The summed E-state index contributed by atoms with van der Waals surface area (Å²) in [6.45, 7) is 8.33. The molecule has 0 fully saturated rings. The Morgan fingerprint density at radius 2 is 1.82 bits per heavy atom. The summed E-state index contributed by atoms with van der Waals surface area (Å²) in [6.07, 6.45) is 1.21. The summed E-state index contributed by atoms with van der Waals surface area (Å²) in [4.78, 5) is 11.8. The van der Waals surface area contributed by atoms with Crippen LogP contribution in [0.25, 0.3) is 27.8 Å². The molecule has 0 saturated heterocycles. The molecule has 8 nitrogen and oxygen atoms in total. The molecule has 1 atom stereocenters. The number of primary amides is 1. The lowest BCUT2D eigenvalue weighted by molar-refractivity contribution is 0.0995. The molecule has 3 aromatic carbocycles. The number of amides is 1. The van der Waals surface area contributed by atoms with Gasteiger partial charge in [0.25, 0.3) is 5.91 Å². The number of ether oxygens (including phenoxy) is 1. The molecule has 2 aromatic heterocycles. The number of hydrogen-bond donors (Lipinski definition) is 2. The second kappa shape index (κ2) is 10.9. The quantitative estimate of drug-likeness (QED) is 0.249. The number of halogens is 1. The molecule has 0 aliphatic heterocycles. The van der Waals surface area contributed by atoms with E-state index < -0.39 is 17.8 Å².